The normalized spacial score (nSPS) is 12.6. The summed E-state index contributed by atoms with van der Waals surface area (Å²) in [7, 11) is -3.67. The van der Waals surface area contributed by atoms with E-state index >= 15 is 0 Å². The second-order valence-electron chi connectivity index (χ2n) is 8.94. The molecular formula is C22H47NO6S. The summed E-state index contributed by atoms with van der Waals surface area (Å²) in [4.78, 5) is 11.7. The van der Waals surface area contributed by atoms with Crippen LogP contribution in [0.4, 0.5) is 4.79 Å². The Bertz CT molecular complexity index is 494. The molecule has 0 aliphatic heterocycles. The highest BCUT2D eigenvalue weighted by atomic mass is 32.2. The molecule has 0 spiro atoms. The Hall–Kier alpha value is -0.860. The first-order valence-electron chi connectivity index (χ1n) is 11.4. The number of aliphatic hydroxyl groups excluding tert-OH is 1. The van der Waals surface area contributed by atoms with E-state index in [0.29, 0.717) is 6.26 Å². The van der Waals surface area contributed by atoms with Crippen molar-refractivity contribution in [2.75, 3.05) is 12.9 Å². The number of unbranched alkanes of at least 4 members (excludes halogenated alkanes) is 11. The van der Waals surface area contributed by atoms with Crippen molar-refractivity contribution in [3.8, 4) is 0 Å². The van der Waals surface area contributed by atoms with Gasteiger partial charge in [0.2, 0.25) is 0 Å². The zero-order chi connectivity index (χ0) is 23.5. The molecule has 0 heterocycles. The van der Waals surface area contributed by atoms with Crippen LogP contribution in [0.25, 0.3) is 0 Å². The molecule has 0 radical (unpaired) electrons. The largest absolute Gasteiger partial charge is 0.444 e. The lowest BCUT2D eigenvalue weighted by Gasteiger charge is -2.22. The molecule has 182 valence electrons. The third kappa shape index (κ3) is 31.8. The molecule has 0 saturated carbocycles. The maximum Gasteiger partial charge on any atom is 0.407 e. The first-order chi connectivity index (χ1) is 13.9. The second-order valence-corrected chi connectivity index (χ2v) is 10.4. The second kappa shape index (κ2) is 18.9. The van der Waals surface area contributed by atoms with Crippen molar-refractivity contribution in [1.29, 1.82) is 0 Å². The van der Waals surface area contributed by atoms with Gasteiger partial charge in [-0.05, 0) is 27.2 Å². The van der Waals surface area contributed by atoms with Crippen molar-refractivity contribution in [2.45, 2.75) is 123 Å². The van der Waals surface area contributed by atoms with E-state index in [1.54, 1.807) is 0 Å². The minimum atomic E-state index is -3.67. The molecule has 7 nitrogen and oxygen atoms in total. The van der Waals surface area contributed by atoms with E-state index in [2.05, 4.69) is 12.2 Å². The molecule has 1 unspecified atom stereocenters. The van der Waals surface area contributed by atoms with Gasteiger partial charge >= 0.3 is 6.09 Å². The van der Waals surface area contributed by atoms with Crippen molar-refractivity contribution >= 4 is 16.2 Å². The number of carbonyl (C=O) groups excluding carboxylic acids is 1. The van der Waals surface area contributed by atoms with Gasteiger partial charge in [0.1, 0.15) is 5.60 Å². The van der Waals surface area contributed by atoms with Crippen molar-refractivity contribution in [3.63, 3.8) is 0 Å². The molecule has 0 aliphatic carbocycles. The summed E-state index contributed by atoms with van der Waals surface area (Å²) in [6.07, 6.45) is 16.9. The van der Waals surface area contributed by atoms with Gasteiger partial charge in [0, 0.05) is 0 Å². The van der Waals surface area contributed by atoms with E-state index in [1.165, 1.54) is 70.6 Å². The summed E-state index contributed by atoms with van der Waals surface area (Å²) >= 11 is 0. The maximum absolute atomic E-state index is 11.7. The van der Waals surface area contributed by atoms with Crippen LogP contribution < -0.4 is 5.32 Å². The minimum absolute atomic E-state index is 0.0305. The number of aliphatic hydroxyl groups is 1. The molecule has 1 amide bonds. The molecule has 8 heteroatoms. The van der Waals surface area contributed by atoms with Gasteiger partial charge in [0.15, 0.2) is 0 Å². The van der Waals surface area contributed by atoms with Crippen LogP contribution in [0.1, 0.15) is 111 Å². The first-order valence-corrected chi connectivity index (χ1v) is 13.3. The maximum atomic E-state index is 11.7. The van der Waals surface area contributed by atoms with E-state index < -0.39 is 21.8 Å². The third-order valence-corrected chi connectivity index (χ3v) is 4.35. The van der Waals surface area contributed by atoms with Crippen LogP contribution in [0, 0.1) is 0 Å². The molecule has 1 atom stereocenters. The average molecular weight is 454 g/mol. The van der Waals surface area contributed by atoms with E-state index in [-0.39, 0.29) is 12.6 Å². The van der Waals surface area contributed by atoms with Crippen LogP contribution in [-0.2, 0) is 14.9 Å². The molecule has 30 heavy (non-hydrogen) atoms. The van der Waals surface area contributed by atoms with E-state index in [1.807, 2.05) is 20.8 Å². The Labute approximate surface area is 185 Å². The smallest absolute Gasteiger partial charge is 0.407 e. The summed E-state index contributed by atoms with van der Waals surface area (Å²) in [5.41, 5.74) is -0.500. The lowest BCUT2D eigenvalue weighted by atomic mass is 10.0. The van der Waals surface area contributed by atoms with Crippen molar-refractivity contribution in [2.24, 2.45) is 0 Å². The van der Waals surface area contributed by atoms with Gasteiger partial charge in [-0.15, -0.1) is 0 Å². The van der Waals surface area contributed by atoms with Gasteiger partial charge in [-0.2, -0.15) is 8.42 Å². The number of rotatable bonds is 15. The van der Waals surface area contributed by atoms with Crippen LogP contribution >= 0.6 is 0 Å². The fourth-order valence-electron chi connectivity index (χ4n) is 2.92. The number of carbonyl (C=O) groups is 1. The molecule has 0 aromatic carbocycles. The molecule has 0 aliphatic rings. The van der Waals surface area contributed by atoms with Crippen LogP contribution in [0.5, 0.6) is 0 Å². The summed E-state index contributed by atoms with van der Waals surface area (Å²) in [5.74, 6) is 0. The topological polar surface area (TPSA) is 113 Å². The molecule has 0 bridgehead atoms. The lowest BCUT2D eigenvalue weighted by Crippen LogP contribution is -2.41. The Morgan fingerprint density at radius 1 is 0.900 bits per heavy atom. The lowest BCUT2D eigenvalue weighted by molar-refractivity contribution is 0.0478. The van der Waals surface area contributed by atoms with Crippen molar-refractivity contribution in [3.05, 3.63) is 0 Å². The predicted octanol–water partition coefficient (Wildman–Crippen LogP) is 5.47. The molecule has 0 saturated heterocycles. The highest BCUT2D eigenvalue weighted by molar-refractivity contribution is 7.85. The van der Waals surface area contributed by atoms with Crippen LogP contribution in [0.15, 0.2) is 0 Å². The highest BCUT2D eigenvalue weighted by Gasteiger charge is 2.18. The third-order valence-electron chi connectivity index (χ3n) is 4.35. The molecule has 0 aromatic rings. The number of alkyl carbamates (subject to hydrolysis) is 1. The SMILES string of the molecule is CCCCCCCCCCCCCCC(CO)NC(=O)OC(C)(C)C.CS(=O)(=O)O. The van der Waals surface area contributed by atoms with Crippen LogP contribution in [0.3, 0.4) is 0 Å². The van der Waals surface area contributed by atoms with E-state index in [0.717, 1.165) is 12.8 Å². The Morgan fingerprint density at radius 2 is 1.27 bits per heavy atom. The van der Waals surface area contributed by atoms with Gasteiger partial charge in [-0.3, -0.25) is 4.55 Å². The number of amides is 1. The van der Waals surface area contributed by atoms with Crippen LogP contribution in [0.2, 0.25) is 0 Å². The van der Waals surface area contributed by atoms with Gasteiger partial charge in [0.25, 0.3) is 10.1 Å². The molecule has 0 fully saturated rings. The standard InChI is InChI=1S/C21H43NO3.CH4O3S/c1-5-6-7-8-9-10-11-12-13-14-15-16-17-19(18-23)22-20(24)25-21(2,3)4;1-5(2,3)4/h19,23H,5-18H2,1-4H3,(H,22,24);1H3,(H,2,3,4). The zero-order valence-electron chi connectivity index (χ0n) is 19.9. The summed E-state index contributed by atoms with van der Waals surface area (Å²) in [5, 5.41) is 12.1. The van der Waals surface area contributed by atoms with Crippen molar-refractivity contribution in [1.82, 2.24) is 5.32 Å². The monoisotopic (exact) mass is 453 g/mol. The van der Waals surface area contributed by atoms with Gasteiger partial charge in [0.05, 0.1) is 18.9 Å². The van der Waals surface area contributed by atoms with Gasteiger partial charge in [-0.25, -0.2) is 4.79 Å². The van der Waals surface area contributed by atoms with Crippen molar-refractivity contribution < 1.29 is 27.6 Å². The Kier molecular flexibility index (Phi) is 19.7. The number of ether oxygens (including phenoxy) is 1. The summed E-state index contributed by atoms with van der Waals surface area (Å²) in [6.45, 7) is 7.75. The van der Waals surface area contributed by atoms with Crippen LogP contribution in [-0.4, -0.2) is 48.7 Å². The number of hydrogen-bond acceptors (Lipinski definition) is 5. The molecular weight excluding hydrogens is 406 g/mol. The molecule has 3 N–H and O–H groups in total. The number of hydrogen-bond donors (Lipinski definition) is 3. The fourth-order valence-corrected chi connectivity index (χ4v) is 2.92. The van der Waals surface area contributed by atoms with Gasteiger partial charge in [-0.1, -0.05) is 84.0 Å². The average Bonchev–Trinajstić information content (AvgIpc) is 2.58. The molecule has 0 rings (SSSR count). The van der Waals surface area contributed by atoms with Gasteiger partial charge < -0.3 is 15.2 Å². The summed E-state index contributed by atoms with van der Waals surface area (Å²) in [6, 6.07) is -0.196. The highest BCUT2D eigenvalue weighted by Crippen LogP contribution is 2.13. The summed E-state index contributed by atoms with van der Waals surface area (Å²) < 4.78 is 31.1. The van der Waals surface area contributed by atoms with E-state index in [9.17, 15) is 18.3 Å². The molecule has 0 aromatic heterocycles. The van der Waals surface area contributed by atoms with E-state index in [4.69, 9.17) is 9.29 Å². The minimum Gasteiger partial charge on any atom is -0.444 e. The Balaban J connectivity index is 0. The quantitative estimate of drug-likeness (QED) is 0.224. The number of nitrogens with one attached hydrogen (secondary N) is 1. The zero-order valence-corrected chi connectivity index (χ0v) is 20.7. The Morgan fingerprint density at radius 3 is 1.60 bits per heavy atom. The first kappa shape index (κ1) is 31.3. The predicted molar refractivity (Wildman–Crippen MR) is 123 cm³/mol. The fraction of sp³-hybridized carbons (Fsp3) is 0.955.